The van der Waals surface area contributed by atoms with Crippen molar-refractivity contribution in [1.29, 1.82) is 0 Å². The number of aromatic nitrogens is 2. The SMILES string of the molecule is Cc1cnc(C2=CCN(C(C)(C)C)CC2)nc1. The highest BCUT2D eigenvalue weighted by Crippen LogP contribution is 2.23. The van der Waals surface area contributed by atoms with Crippen LogP contribution in [0.4, 0.5) is 0 Å². The maximum Gasteiger partial charge on any atom is 0.154 e. The smallest absolute Gasteiger partial charge is 0.154 e. The second-order valence-corrected chi connectivity index (χ2v) is 5.68. The highest BCUT2D eigenvalue weighted by molar-refractivity contribution is 5.60. The third kappa shape index (κ3) is 2.91. The van der Waals surface area contributed by atoms with Gasteiger partial charge >= 0.3 is 0 Å². The molecule has 0 saturated carbocycles. The minimum atomic E-state index is 0.246. The molecule has 0 unspecified atom stereocenters. The molecule has 0 amide bonds. The zero-order valence-electron chi connectivity index (χ0n) is 11.2. The summed E-state index contributed by atoms with van der Waals surface area (Å²) in [5, 5.41) is 0. The summed E-state index contributed by atoms with van der Waals surface area (Å²) in [6, 6.07) is 0. The second-order valence-electron chi connectivity index (χ2n) is 5.68. The van der Waals surface area contributed by atoms with Gasteiger partial charge in [0.15, 0.2) is 5.82 Å². The Hall–Kier alpha value is -1.22. The van der Waals surface area contributed by atoms with Crippen molar-refractivity contribution in [2.24, 2.45) is 0 Å². The third-order valence-corrected chi connectivity index (χ3v) is 3.23. The van der Waals surface area contributed by atoms with Gasteiger partial charge in [0.25, 0.3) is 0 Å². The van der Waals surface area contributed by atoms with E-state index in [-0.39, 0.29) is 5.54 Å². The standard InChI is InChI=1S/C14H21N3/c1-11-9-15-13(16-10-11)12-5-7-17(8-6-12)14(2,3)4/h5,9-10H,6-8H2,1-4H3. The first-order chi connectivity index (χ1) is 7.97. The Morgan fingerprint density at radius 3 is 2.29 bits per heavy atom. The lowest BCUT2D eigenvalue weighted by Crippen LogP contribution is -2.43. The Kier molecular flexibility index (Phi) is 3.29. The lowest BCUT2D eigenvalue weighted by atomic mass is 10.00. The number of nitrogens with zero attached hydrogens (tertiary/aromatic N) is 3. The Balaban J connectivity index is 2.11. The number of aryl methyl sites for hydroxylation is 1. The number of rotatable bonds is 1. The maximum absolute atomic E-state index is 4.39. The molecule has 0 aliphatic carbocycles. The van der Waals surface area contributed by atoms with E-state index >= 15 is 0 Å². The van der Waals surface area contributed by atoms with Gasteiger partial charge in [-0.3, -0.25) is 4.90 Å². The fourth-order valence-electron chi connectivity index (χ4n) is 2.04. The molecular formula is C14H21N3. The van der Waals surface area contributed by atoms with Crippen LogP contribution in [0.1, 0.15) is 38.6 Å². The Morgan fingerprint density at radius 2 is 1.82 bits per heavy atom. The van der Waals surface area contributed by atoms with E-state index in [1.165, 1.54) is 5.57 Å². The second kappa shape index (κ2) is 4.57. The molecule has 0 N–H and O–H groups in total. The van der Waals surface area contributed by atoms with Crippen molar-refractivity contribution in [2.75, 3.05) is 13.1 Å². The lowest BCUT2D eigenvalue weighted by molar-refractivity contribution is 0.153. The summed E-state index contributed by atoms with van der Waals surface area (Å²) in [6.07, 6.45) is 7.08. The zero-order valence-corrected chi connectivity index (χ0v) is 11.2. The van der Waals surface area contributed by atoms with Crippen molar-refractivity contribution in [3.8, 4) is 0 Å². The van der Waals surface area contributed by atoms with Gasteiger partial charge in [-0.25, -0.2) is 9.97 Å². The van der Waals surface area contributed by atoms with Crippen LogP contribution in [0, 0.1) is 6.92 Å². The van der Waals surface area contributed by atoms with Crippen LogP contribution < -0.4 is 0 Å². The molecule has 0 spiro atoms. The van der Waals surface area contributed by atoms with Gasteiger partial charge in [-0.2, -0.15) is 0 Å². The average Bonchev–Trinajstić information content (AvgIpc) is 2.29. The fraction of sp³-hybridized carbons (Fsp3) is 0.571. The van der Waals surface area contributed by atoms with Crippen LogP contribution in [0.3, 0.4) is 0 Å². The summed E-state index contributed by atoms with van der Waals surface area (Å²) >= 11 is 0. The van der Waals surface area contributed by atoms with E-state index in [2.05, 4.69) is 41.7 Å². The molecule has 1 aliphatic rings. The first-order valence-electron chi connectivity index (χ1n) is 6.20. The van der Waals surface area contributed by atoms with E-state index in [0.29, 0.717) is 0 Å². The van der Waals surface area contributed by atoms with Crippen LogP contribution in [0.15, 0.2) is 18.5 Å². The number of hydrogen-bond donors (Lipinski definition) is 0. The Bertz CT molecular complexity index is 412. The first-order valence-corrected chi connectivity index (χ1v) is 6.20. The van der Waals surface area contributed by atoms with Crippen LogP contribution in [0.2, 0.25) is 0 Å². The summed E-state index contributed by atoms with van der Waals surface area (Å²) in [4.78, 5) is 11.3. The van der Waals surface area contributed by atoms with Crippen LogP contribution >= 0.6 is 0 Å². The average molecular weight is 231 g/mol. The number of hydrogen-bond acceptors (Lipinski definition) is 3. The van der Waals surface area contributed by atoms with E-state index in [1.54, 1.807) is 0 Å². The molecule has 1 aromatic heterocycles. The minimum Gasteiger partial charge on any atom is -0.294 e. The molecule has 2 heterocycles. The normalized spacial score (nSPS) is 18.0. The quantitative estimate of drug-likeness (QED) is 0.744. The first kappa shape index (κ1) is 12.2. The molecule has 2 rings (SSSR count). The fourth-order valence-corrected chi connectivity index (χ4v) is 2.04. The molecule has 0 atom stereocenters. The molecule has 0 radical (unpaired) electrons. The van der Waals surface area contributed by atoms with Crippen LogP contribution in [-0.4, -0.2) is 33.5 Å². The molecule has 3 nitrogen and oxygen atoms in total. The van der Waals surface area contributed by atoms with E-state index in [9.17, 15) is 0 Å². The summed E-state index contributed by atoms with van der Waals surface area (Å²) < 4.78 is 0. The molecule has 92 valence electrons. The van der Waals surface area contributed by atoms with Crippen molar-refractivity contribution in [3.63, 3.8) is 0 Å². The predicted octanol–water partition coefficient (Wildman–Crippen LogP) is 2.67. The van der Waals surface area contributed by atoms with E-state index in [1.807, 2.05) is 19.3 Å². The summed E-state index contributed by atoms with van der Waals surface area (Å²) in [5.41, 5.74) is 2.64. The van der Waals surface area contributed by atoms with Crippen molar-refractivity contribution < 1.29 is 0 Å². The summed E-state index contributed by atoms with van der Waals surface area (Å²) in [6.45, 7) is 10.9. The van der Waals surface area contributed by atoms with E-state index in [4.69, 9.17) is 0 Å². The molecule has 3 heteroatoms. The monoisotopic (exact) mass is 231 g/mol. The highest BCUT2D eigenvalue weighted by atomic mass is 15.2. The van der Waals surface area contributed by atoms with Gasteiger partial charge in [0.05, 0.1) is 0 Å². The van der Waals surface area contributed by atoms with Crippen LogP contribution in [0.5, 0.6) is 0 Å². The Morgan fingerprint density at radius 1 is 1.18 bits per heavy atom. The van der Waals surface area contributed by atoms with E-state index < -0.39 is 0 Å². The van der Waals surface area contributed by atoms with Crippen LogP contribution in [-0.2, 0) is 0 Å². The molecule has 17 heavy (non-hydrogen) atoms. The minimum absolute atomic E-state index is 0.246. The third-order valence-electron chi connectivity index (χ3n) is 3.23. The van der Waals surface area contributed by atoms with Gasteiger partial charge < -0.3 is 0 Å². The van der Waals surface area contributed by atoms with Crippen molar-refractivity contribution in [3.05, 3.63) is 29.9 Å². The largest absolute Gasteiger partial charge is 0.294 e. The van der Waals surface area contributed by atoms with Gasteiger partial charge in [-0.1, -0.05) is 6.08 Å². The van der Waals surface area contributed by atoms with E-state index in [0.717, 1.165) is 30.9 Å². The van der Waals surface area contributed by atoms with Crippen LogP contribution in [0.25, 0.3) is 5.57 Å². The molecular weight excluding hydrogens is 210 g/mol. The van der Waals surface area contributed by atoms with Crippen molar-refractivity contribution >= 4 is 5.57 Å². The molecule has 0 bridgehead atoms. The molecule has 0 saturated heterocycles. The van der Waals surface area contributed by atoms with Gasteiger partial charge in [-0.05, 0) is 45.3 Å². The van der Waals surface area contributed by atoms with Gasteiger partial charge in [0.2, 0.25) is 0 Å². The topological polar surface area (TPSA) is 29.0 Å². The van der Waals surface area contributed by atoms with Gasteiger partial charge in [0, 0.05) is 31.0 Å². The lowest BCUT2D eigenvalue weighted by Gasteiger charge is -2.37. The summed E-state index contributed by atoms with van der Waals surface area (Å²) in [7, 11) is 0. The highest BCUT2D eigenvalue weighted by Gasteiger charge is 2.23. The van der Waals surface area contributed by atoms with Gasteiger partial charge in [0.1, 0.15) is 0 Å². The zero-order chi connectivity index (χ0) is 12.5. The molecule has 1 aliphatic heterocycles. The van der Waals surface area contributed by atoms with Crippen molar-refractivity contribution in [2.45, 2.75) is 39.7 Å². The Labute approximate surface area is 104 Å². The summed E-state index contributed by atoms with van der Waals surface area (Å²) in [5.74, 6) is 0.893. The predicted molar refractivity (Wildman–Crippen MR) is 70.7 cm³/mol. The molecule has 0 aromatic carbocycles. The van der Waals surface area contributed by atoms with Gasteiger partial charge in [-0.15, -0.1) is 0 Å². The molecule has 0 fully saturated rings. The maximum atomic E-state index is 4.39. The van der Waals surface area contributed by atoms with Crippen molar-refractivity contribution in [1.82, 2.24) is 14.9 Å². The molecule has 1 aromatic rings.